The van der Waals surface area contributed by atoms with E-state index in [0.717, 1.165) is 166 Å². The van der Waals surface area contributed by atoms with Crippen molar-refractivity contribution in [3.8, 4) is 92.8 Å². The Morgan fingerprint density at radius 1 is 0.407 bits per heavy atom. The molecule has 6 aromatic carbocycles. The Hall–Kier alpha value is -14.5. The average molecular weight is 1970 g/mol. The molecule has 34 nitrogen and oxygen atoms in total. The molecule has 3 aliphatic carbocycles. The number of allylic oxidation sites excluding steroid dienone is 2. The fourth-order valence-electron chi connectivity index (χ4n) is 18.8. The first kappa shape index (κ1) is 99.3. The molecular weight excluding hydrogens is 1850 g/mol. The van der Waals surface area contributed by atoms with Gasteiger partial charge in [0.1, 0.15) is 94.7 Å². The number of methoxy groups -OCH3 is 1. The highest BCUT2D eigenvalue weighted by Crippen LogP contribution is 2.40. The quantitative estimate of drug-likeness (QED) is 0.0354. The molecule has 37 heteroatoms. The van der Waals surface area contributed by atoms with Gasteiger partial charge in [0.15, 0.2) is 29.1 Å². The number of alkyl halides is 2. The number of anilines is 9. The number of hydrogen-bond acceptors (Lipinski definition) is 33. The monoisotopic (exact) mass is 1970 g/mol. The molecule has 22 rings (SSSR count). The Kier molecular flexibility index (Phi) is 32.4. The number of nitriles is 4. The van der Waals surface area contributed by atoms with E-state index in [1.165, 1.54) is 30.3 Å². The molecule has 8 aliphatic heterocycles. The lowest BCUT2D eigenvalue weighted by Gasteiger charge is -2.45. The molecule has 13 heterocycles. The number of aromatic nitrogens is 10. The maximum Gasteiger partial charge on any atom is 0.248 e. The summed E-state index contributed by atoms with van der Waals surface area (Å²) < 4.78 is 101. The molecular formula is C108H117F3N24O10. The van der Waals surface area contributed by atoms with Gasteiger partial charge >= 0.3 is 0 Å². The molecule has 145 heavy (non-hydrogen) atoms. The van der Waals surface area contributed by atoms with Gasteiger partial charge in [-0.3, -0.25) is 19.4 Å². The Labute approximate surface area is 840 Å². The third kappa shape index (κ3) is 26.0. The largest absolute Gasteiger partial charge is 0.492 e. The predicted molar refractivity (Wildman–Crippen MR) is 539 cm³/mol. The predicted octanol–water partition coefficient (Wildman–Crippen LogP) is 15.8. The van der Waals surface area contributed by atoms with Crippen LogP contribution in [-0.4, -0.2) is 276 Å². The zero-order valence-electron chi connectivity index (χ0n) is 81.2. The van der Waals surface area contributed by atoms with Crippen LogP contribution in [0, 0.1) is 51.2 Å². The standard InChI is InChI=1S/C30H32F2N6O2.C30H35FN6O4.C28H30N6O2.C20H20N6O2/c31-30(32)10-7-26(8-11-30)40-27-6-1-21(17-22(27)18-33)29-34-12-9-28(36-29)35-23-2-4-24(5-3-23)37-13-15-38(16-14-37)25-19-39-20-25;1-38-27-16-22(15-25(31)29(27)37-10-8-36(9-11-37)23-18-40-19-23)34-28-4-7-33-30(35-28)20-2-3-26(21(14-20)17-32)41-24-5-12-39-13-6-24;29-16-22-15-21(3-8-26(22)36-17-20-1-2-20)28-30-10-9-27(32-28)31-23-4-6-24(7-5-23)33-11-13-34(14-12-33)25-18-35-19-25;1-26-9-5-19(25-26)23-18-4-8-22-20(24-18)14-2-3-17(15(12-14)13-21)28-16-6-10-27-11-7-16/h1-6,9,12,17,25-26H,7-8,10-11,13-16,19-20H2,(H,34,35,36);2-4,7,14-15,23-24,27H,5-6,8-13,16,18-19H2,1H3,(H,33,34,35);3-10,15,20,25H,1-2,11-14,17-19H2,(H,30,31,32);2-5,8-9,12,16H,6-7,10-11H2,1H3,(H,22,23,24,25). The zero-order chi connectivity index (χ0) is 99.4. The van der Waals surface area contributed by atoms with Crippen molar-refractivity contribution in [2.75, 3.05) is 189 Å². The molecule has 0 bridgehead atoms. The molecule has 0 amide bonds. The summed E-state index contributed by atoms with van der Waals surface area (Å²) in [6.07, 6.45) is 15.8. The summed E-state index contributed by atoms with van der Waals surface area (Å²) in [5, 5.41) is 56.0. The molecule has 750 valence electrons. The van der Waals surface area contributed by atoms with Crippen LogP contribution in [0.3, 0.4) is 0 Å². The summed E-state index contributed by atoms with van der Waals surface area (Å²) in [7, 11) is 3.47. The average Bonchev–Trinajstić information content (AvgIpc) is 1.66. The number of nitrogens with zero attached hydrogens (tertiary/aromatic N) is 20. The summed E-state index contributed by atoms with van der Waals surface area (Å²) >= 11 is 0. The summed E-state index contributed by atoms with van der Waals surface area (Å²) in [6, 6.07) is 57.9. The smallest absolute Gasteiger partial charge is 0.248 e. The summed E-state index contributed by atoms with van der Waals surface area (Å²) in [6.45, 7) is 20.1. The van der Waals surface area contributed by atoms with Crippen molar-refractivity contribution in [1.82, 2.24) is 69.3 Å². The molecule has 0 radical (unpaired) electrons. The Balaban J connectivity index is 0.000000123. The normalized spacial score (nSPS) is 19.2. The van der Waals surface area contributed by atoms with Gasteiger partial charge in [-0.05, 0) is 183 Å². The summed E-state index contributed by atoms with van der Waals surface area (Å²) in [5.41, 5.74) is 10.2. The summed E-state index contributed by atoms with van der Waals surface area (Å²) in [5.74, 6) is 5.09. The van der Waals surface area contributed by atoms with Gasteiger partial charge in [0.05, 0.1) is 125 Å². The van der Waals surface area contributed by atoms with E-state index in [1.807, 2.05) is 67.8 Å². The number of rotatable bonds is 28. The third-order valence-corrected chi connectivity index (χ3v) is 27.6. The van der Waals surface area contributed by atoms with Gasteiger partial charge in [-0.25, -0.2) is 53.0 Å². The Bertz CT molecular complexity index is 6490. The van der Waals surface area contributed by atoms with E-state index in [0.29, 0.717) is 184 Å². The number of benzene rings is 6. The van der Waals surface area contributed by atoms with Crippen LogP contribution in [0.2, 0.25) is 0 Å². The van der Waals surface area contributed by atoms with E-state index in [4.69, 9.17) is 47.4 Å². The first-order chi connectivity index (χ1) is 71.0. The topological polar surface area (TPSA) is 376 Å². The van der Waals surface area contributed by atoms with E-state index < -0.39 is 12.0 Å². The van der Waals surface area contributed by atoms with Crippen molar-refractivity contribution in [3.63, 3.8) is 0 Å². The van der Waals surface area contributed by atoms with Crippen LogP contribution in [0.25, 0.3) is 45.6 Å². The molecule has 2 saturated carbocycles. The second-order valence-electron chi connectivity index (χ2n) is 37.6. The maximum atomic E-state index is 15.5. The third-order valence-electron chi connectivity index (χ3n) is 27.6. The van der Waals surface area contributed by atoms with Crippen molar-refractivity contribution in [3.05, 3.63) is 228 Å². The maximum absolute atomic E-state index is 15.5. The van der Waals surface area contributed by atoms with Crippen molar-refractivity contribution in [1.29, 1.82) is 21.0 Å². The first-order valence-electron chi connectivity index (χ1n) is 49.8. The lowest BCUT2D eigenvalue weighted by atomic mass is 9.94. The first-order valence-corrected chi connectivity index (χ1v) is 49.8. The van der Waals surface area contributed by atoms with Crippen molar-refractivity contribution < 1.29 is 60.5 Å². The van der Waals surface area contributed by atoms with Crippen LogP contribution in [0.5, 0.6) is 23.0 Å². The lowest BCUT2D eigenvalue weighted by Crippen LogP contribution is -2.57. The van der Waals surface area contributed by atoms with Gasteiger partial charge in [-0.15, -0.1) is 0 Å². The fourth-order valence-corrected chi connectivity index (χ4v) is 18.8. The minimum absolute atomic E-state index is 0.0344. The summed E-state index contributed by atoms with van der Waals surface area (Å²) in [4.78, 5) is 50.5. The molecule has 4 N–H and O–H groups in total. The highest BCUT2D eigenvalue weighted by atomic mass is 19.3. The van der Waals surface area contributed by atoms with E-state index in [1.54, 1.807) is 97.2 Å². The molecule has 10 fully saturated rings. The number of ether oxygens (including phenoxy) is 10. The Morgan fingerprint density at radius 3 is 1.13 bits per heavy atom. The zero-order valence-corrected chi connectivity index (χ0v) is 81.2. The van der Waals surface area contributed by atoms with Gasteiger partial charge in [0.25, 0.3) is 0 Å². The second kappa shape index (κ2) is 47.4. The molecule has 1 atom stereocenters. The van der Waals surface area contributed by atoms with Crippen LogP contribution >= 0.6 is 0 Å². The second-order valence-corrected chi connectivity index (χ2v) is 37.6. The molecule has 11 aromatic rings. The molecule has 5 aromatic heterocycles. The van der Waals surface area contributed by atoms with Gasteiger partial charge in [-0.1, -0.05) is 0 Å². The highest BCUT2D eigenvalue weighted by molar-refractivity contribution is 5.70. The molecule has 11 aliphatic rings. The van der Waals surface area contributed by atoms with Crippen LogP contribution in [0.15, 0.2) is 206 Å². The van der Waals surface area contributed by atoms with Gasteiger partial charge in [0, 0.05) is 225 Å². The minimum Gasteiger partial charge on any atom is -0.492 e. The minimum atomic E-state index is -2.62. The van der Waals surface area contributed by atoms with Gasteiger partial charge < -0.3 is 83.3 Å². The van der Waals surface area contributed by atoms with Crippen LogP contribution in [-0.2, 0) is 35.5 Å². The van der Waals surface area contributed by atoms with Crippen LogP contribution < -0.4 is 50.0 Å². The number of piperazine rings is 3. The van der Waals surface area contributed by atoms with E-state index in [9.17, 15) is 29.8 Å². The number of halogens is 3. The lowest BCUT2D eigenvalue weighted by molar-refractivity contribution is -0.0763. The highest BCUT2D eigenvalue weighted by Gasteiger charge is 2.39. The van der Waals surface area contributed by atoms with Crippen LogP contribution in [0.1, 0.15) is 92.9 Å². The van der Waals surface area contributed by atoms with E-state index in [2.05, 4.69) is 156 Å². The molecule has 8 saturated heterocycles. The SMILES string of the molecule is COC1CC(Nc2ccnc(-c3ccc(OC4CCOCC4)c(C#N)c3)n2)=CC(F)=C1N1CCN(C2COC2)CC1.Cn1ccc(Nc2ccnc(-c3ccc(OC4CCOCC4)c(C#N)c3)n2)n1.N#Cc1cc(-c2nccc(Nc3ccc(N4CCN(C5COC5)CC4)cc3)n2)ccc1OC1CCC(F)(F)CC1.N#Cc1cc(-c2nccc(Nc3ccc(N4CCN(C5COC5)CC4)cc3)n2)ccc1OCC1CC1. The van der Waals surface area contributed by atoms with Crippen molar-refractivity contribution >= 4 is 51.8 Å². The van der Waals surface area contributed by atoms with Crippen molar-refractivity contribution in [2.45, 2.75) is 119 Å². The molecule has 1 unspecified atom stereocenters. The number of aryl methyl sites for hydroxylation is 1. The number of hydrogen-bond donors (Lipinski definition) is 4. The van der Waals surface area contributed by atoms with Crippen molar-refractivity contribution in [2.24, 2.45) is 13.0 Å². The van der Waals surface area contributed by atoms with E-state index >= 15 is 4.39 Å². The van der Waals surface area contributed by atoms with E-state index in [-0.39, 0.29) is 49.8 Å². The van der Waals surface area contributed by atoms with Gasteiger partial charge in [0.2, 0.25) is 5.92 Å². The van der Waals surface area contributed by atoms with Gasteiger partial charge in [-0.2, -0.15) is 26.1 Å². The Morgan fingerprint density at radius 2 is 0.772 bits per heavy atom. The molecule has 0 spiro atoms. The van der Waals surface area contributed by atoms with Crippen LogP contribution in [0.4, 0.5) is 65.0 Å². The number of nitrogens with one attached hydrogen (secondary N) is 4. The fraction of sp³-hybridized carbons (Fsp3) is 0.417.